The Morgan fingerprint density at radius 2 is 1.75 bits per heavy atom. The second-order valence-electron chi connectivity index (χ2n) is 11.0. The van der Waals surface area contributed by atoms with Crippen LogP contribution in [0.15, 0.2) is 59.6 Å². The van der Waals surface area contributed by atoms with Crippen molar-refractivity contribution in [3.05, 3.63) is 60.3 Å². The highest BCUT2D eigenvalue weighted by Crippen LogP contribution is 2.59. The molecule has 2 fully saturated rings. The fourth-order valence-electron chi connectivity index (χ4n) is 4.26. The van der Waals surface area contributed by atoms with Gasteiger partial charge >= 0.3 is 13.3 Å². The second-order valence-corrected chi connectivity index (χ2v) is 11.9. The Kier molecular flexibility index (Phi) is 7.43. The van der Waals surface area contributed by atoms with Crippen molar-refractivity contribution < 1.29 is 32.0 Å². The molecule has 1 aliphatic heterocycles. The maximum absolute atomic E-state index is 13.2. The van der Waals surface area contributed by atoms with Crippen LogP contribution in [0.25, 0.3) is 5.82 Å². The van der Waals surface area contributed by atoms with E-state index in [4.69, 9.17) is 14.0 Å². The van der Waals surface area contributed by atoms with E-state index in [1.54, 1.807) is 24.4 Å². The Morgan fingerprint density at radius 3 is 2.38 bits per heavy atom. The van der Waals surface area contributed by atoms with Crippen LogP contribution in [-0.2, 0) is 9.31 Å². The molecule has 212 valence electrons. The monoisotopic (exact) mass is 574 g/mol. The molecule has 3 heterocycles. The highest BCUT2D eigenvalue weighted by molar-refractivity contribution is 7.98. The predicted molar refractivity (Wildman–Crippen MR) is 145 cm³/mol. The minimum atomic E-state index is -4.23. The van der Waals surface area contributed by atoms with E-state index in [0.29, 0.717) is 5.82 Å². The number of carbonyl (C=O) groups excluding carboxylic acids is 1. The van der Waals surface area contributed by atoms with E-state index in [1.165, 1.54) is 16.6 Å². The summed E-state index contributed by atoms with van der Waals surface area (Å²) in [6.07, 6.45) is -2.49. The number of hydrogen-bond acceptors (Lipinski definition) is 7. The Morgan fingerprint density at radius 1 is 1.07 bits per heavy atom. The zero-order valence-corrected chi connectivity index (χ0v) is 23.4. The Labute approximate surface area is 235 Å². The number of hydrogen-bond donors (Lipinski definition) is 1. The highest BCUT2D eigenvalue weighted by Gasteiger charge is 2.62. The lowest BCUT2D eigenvalue weighted by Crippen LogP contribution is -2.42. The van der Waals surface area contributed by atoms with E-state index in [9.17, 15) is 18.0 Å². The molecule has 0 spiro atoms. The number of carbonyl (C=O) groups is 1. The summed E-state index contributed by atoms with van der Waals surface area (Å²) in [7, 11) is -0.921. The second kappa shape index (κ2) is 10.4. The van der Waals surface area contributed by atoms with Gasteiger partial charge in [-0.15, -0.1) is 5.10 Å². The lowest BCUT2D eigenvalue weighted by molar-refractivity contribution is -0.190. The average molecular weight is 574 g/mol. The molecule has 1 aromatic carbocycles. The van der Waals surface area contributed by atoms with Crippen LogP contribution >= 0.6 is 11.9 Å². The van der Waals surface area contributed by atoms with Crippen molar-refractivity contribution in [1.29, 1.82) is 0 Å². The van der Waals surface area contributed by atoms with Gasteiger partial charge in [-0.2, -0.15) is 13.2 Å². The molecule has 13 heteroatoms. The first-order valence-corrected chi connectivity index (χ1v) is 13.8. The molecule has 1 aliphatic carbocycles. The molecule has 0 atom stereocenters. The number of amides is 1. The summed E-state index contributed by atoms with van der Waals surface area (Å²) in [5.41, 5.74) is -2.41. The van der Waals surface area contributed by atoms with Crippen LogP contribution in [0.4, 0.5) is 13.2 Å². The molecule has 1 saturated heterocycles. The summed E-state index contributed by atoms with van der Waals surface area (Å²) < 4.78 is 61.8. The van der Waals surface area contributed by atoms with Gasteiger partial charge in [0, 0.05) is 17.2 Å². The lowest BCUT2D eigenvalue weighted by Gasteiger charge is -2.32. The van der Waals surface area contributed by atoms with Crippen LogP contribution in [0.5, 0.6) is 5.88 Å². The van der Waals surface area contributed by atoms with Crippen molar-refractivity contribution in [1.82, 2.24) is 19.5 Å². The summed E-state index contributed by atoms with van der Waals surface area (Å²) in [5.74, 6) is 0.166. The average Bonchev–Trinajstić information content (AvgIpc) is 3.49. The minimum absolute atomic E-state index is 0.0959. The molecule has 1 amide bonds. The third-order valence-electron chi connectivity index (χ3n) is 7.72. The Hall–Kier alpha value is -3.03. The summed E-state index contributed by atoms with van der Waals surface area (Å²) in [6, 6.07) is 14.2. The van der Waals surface area contributed by atoms with Gasteiger partial charge in [0.05, 0.1) is 34.4 Å². The zero-order valence-electron chi connectivity index (χ0n) is 22.6. The van der Waals surface area contributed by atoms with Crippen LogP contribution in [0.1, 0.15) is 57.3 Å². The maximum atomic E-state index is 13.2. The van der Waals surface area contributed by atoms with Gasteiger partial charge < -0.3 is 14.0 Å². The zero-order chi connectivity index (χ0) is 28.8. The molecule has 2 aromatic heterocycles. The summed E-state index contributed by atoms with van der Waals surface area (Å²) in [5, 5.41) is 4.32. The van der Waals surface area contributed by atoms with Gasteiger partial charge in [-0.1, -0.05) is 18.2 Å². The topological polar surface area (TPSA) is 87.5 Å². The Bertz CT molecular complexity index is 1360. The molecule has 0 bridgehead atoms. The first kappa shape index (κ1) is 28.5. The third kappa shape index (κ3) is 5.72. The van der Waals surface area contributed by atoms with Crippen LogP contribution in [0.2, 0.25) is 0 Å². The van der Waals surface area contributed by atoms with Crippen LogP contribution in [-0.4, -0.2) is 51.8 Å². The number of ether oxygens (including phenoxy) is 1. The number of rotatable bonds is 9. The molecule has 0 unspecified atom stereocenters. The number of halogens is 3. The fourth-order valence-corrected chi connectivity index (χ4v) is 4.87. The standard InChI is InChI=1S/C27H30BF3N4O4S/c1-24(2)25(3,4)39-28(38-24)22-19(23(36)34-40-18-8-6-5-7-9-18)10-11-20(32-22)35-16-12-21(33-35)37-17-15-26(13-14-26)27(29,30)31/h5-12,16H,13-15,17H2,1-4H3,(H,34,36). The molecule has 1 N–H and O–H groups in total. The number of nitrogens with one attached hydrogen (secondary N) is 1. The summed E-state index contributed by atoms with van der Waals surface area (Å²) in [6.45, 7) is 7.53. The van der Waals surface area contributed by atoms with Crippen molar-refractivity contribution in [2.24, 2.45) is 5.41 Å². The van der Waals surface area contributed by atoms with Crippen LogP contribution in [0.3, 0.4) is 0 Å². The summed E-state index contributed by atoms with van der Waals surface area (Å²) in [4.78, 5) is 18.8. The first-order valence-electron chi connectivity index (χ1n) is 12.9. The third-order valence-corrected chi connectivity index (χ3v) is 8.52. The van der Waals surface area contributed by atoms with Gasteiger partial charge in [-0.05, 0) is 83.2 Å². The summed E-state index contributed by atoms with van der Waals surface area (Å²) >= 11 is 1.18. The maximum Gasteiger partial charge on any atom is 0.515 e. The van der Waals surface area contributed by atoms with Crippen molar-refractivity contribution in [2.75, 3.05) is 6.61 Å². The SMILES string of the molecule is CC1(C)OB(c2nc(-n3ccc(OCCC4(C(F)(F)F)CC4)n3)ccc2C(=O)NSc2ccccc2)OC1(C)C. The van der Waals surface area contributed by atoms with Gasteiger partial charge in [-0.25, -0.2) is 9.67 Å². The van der Waals surface area contributed by atoms with E-state index in [0.717, 1.165) is 4.90 Å². The van der Waals surface area contributed by atoms with E-state index >= 15 is 0 Å². The molecular weight excluding hydrogens is 544 g/mol. The number of nitrogens with zero attached hydrogens (tertiary/aromatic N) is 3. The fraction of sp³-hybridized carbons (Fsp3) is 0.444. The molecule has 1 saturated carbocycles. The van der Waals surface area contributed by atoms with Crippen molar-refractivity contribution in [3.8, 4) is 11.7 Å². The predicted octanol–water partition coefficient (Wildman–Crippen LogP) is 5.12. The number of pyridine rings is 1. The molecule has 0 radical (unpaired) electrons. The normalized spacial score (nSPS) is 18.9. The van der Waals surface area contributed by atoms with Gasteiger partial charge in [-0.3, -0.25) is 9.52 Å². The van der Waals surface area contributed by atoms with Gasteiger partial charge in [0.15, 0.2) is 5.82 Å². The quantitative estimate of drug-likeness (QED) is 0.281. The molecule has 5 rings (SSSR count). The van der Waals surface area contributed by atoms with E-state index in [1.807, 2.05) is 58.0 Å². The number of benzene rings is 1. The largest absolute Gasteiger partial charge is 0.515 e. The van der Waals surface area contributed by atoms with Crippen molar-refractivity contribution in [2.45, 2.75) is 69.2 Å². The van der Waals surface area contributed by atoms with Crippen molar-refractivity contribution >= 4 is 30.6 Å². The van der Waals surface area contributed by atoms with Gasteiger partial charge in [0.2, 0.25) is 5.88 Å². The van der Waals surface area contributed by atoms with E-state index in [-0.39, 0.29) is 48.8 Å². The van der Waals surface area contributed by atoms with Gasteiger partial charge in [0.25, 0.3) is 5.91 Å². The van der Waals surface area contributed by atoms with E-state index < -0.39 is 29.9 Å². The molecule has 8 nitrogen and oxygen atoms in total. The minimum Gasteiger partial charge on any atom is -0.477 e. The van der Waals surface area contributed by atoms with Crippen molar-refractivity contribution in [3.63, 3.8) is 0 Å². The smallest absolute Gasteiger partial charge is 0.477 e. The van der Waals surface area contributed by atoms with Crippen LogP contribution in [0, 0.1) is 5.41 Å². The number of aromatic nitrogens is 3. The molecular formula is C27H30BF3N4O4S. The number of alkyl halides is 3. The molecule has 2 aliphatic rings. The lowest BCUT2D eigenvalue weighted by atomic mass is 9.80. The van der Waals surface area contributed by atoms with E-state index in [2.05, 4.69) is 14.8 Å². The first-order chi connectivity index (χ1) is 18.8. The highest BCUT2D eigenvalue weighted by atomic mass is 32.2. The molecule has 3 aromatic rings. The Balaban J connectivity index is 1.36. The van der Waals surface area contributed by atoms with Crippen LogP contribution < -0.4 is 15.1 Å². The molecule has 40 heavy (non-hydrogen) atoms. The van der Waals surface area contributed by atoms with Gasteiger partial charge in [0.1, 0.15) is 0 Å².